The summed E-state index contributed by atoms with van der Waals surface area (Å²) in [7, 11) is 1.73. The molecule has 4 heteroatoms. The first-order valence-corrected chi connectivity index (χ1v) is 7.57. The molecule has 1 rings (SSSR count). The predicted octanol–water partition coefficient (Wildman–Crippen LogP) is 4.06. The van der Waals surface area contributed by atoms with Gasteiger partial charge in [-0.25, -0.2) is 4.39 Å². The number of hydrogen-bond acceptors (Lipinski definition) is 2. The third kappa shape index (κ3) is 5.04. The fraction of sp³-hybridized carbons (Fsp3) is 0.625. The highest BCUT2D eigenvalue weighted by atomic mass is 35.5. The van der Waals surface area contributed by atoms with E-state index in [2.05, 4.69) is 26.1 Å². The van der Waals surface area contributed by atoms with Crippen molar-refractivity contribution in [3.05, 3.63) is 34.6 Å². The lowest BCUT2D eigenvalue weighted by molar-refractivity contribution is 0.0332. The monoisotopic (exact) mass is 301 g/mol. The smallest absolute Gasteiger partial charge is 0.124 e. The van der Waals surface area contributed by atoms with Crippen molar-refractivity contribution in [2.24, 2.45) is 5.92 Å². The molecule has 0 heterocycles. The second-order valence-corrected chi connectivity index (χ2v) is 5.85. The summed E-state index contributed by atoms with van der Waals surface area (Å²) < 4.78 is 18.7. The molecule has 0 radical (unpaired) electrons. The van der Waals surface area contributed by atoms with Crippen molar-refractivity contribution < 1.29 is 9.13 Å². The molecule has 1 aromatic rings. The number of rotatable bonds is 8. The molecule has 114 valence electrons. The van der Waals surface area contributed by atoms with Gasteiger partial charge in [0, 0.05) is 18.2 Å². The van der Waals surface area contributed by atoms with Crippen LogP contribution in [0.2, 0.25) is 5.02 Å². The molecular formula is C16H25ClFNO. The van der Waals surface area contributed by atoms with Gasteiger partial charge in [0.2, 0.25) is 0 Å². The maximum atomic E-state index is 13.1. The average Bonchev–Trinajstić information content (AvgIpc) is 2.39. The van der Waals surface area contributed by atoms with Crippen molar-refractivity contribution in [3.8, 4) is 0 Å². The van der Waals surface area contributed by atoms with Crippen molar-refractivity contribution in [2.75, 3.05) is 13.7 Å². The van der Waals surface area contributed by atoms with Crippen molar-refractivity contribution >= 4 is 11.6 Å². The molecular weight excluding hydrogens is 277 g/mol. The van der Waals surface area contributed by atoms with Gasteiger partial charge in [0.25, 0.3) is 0 Å². The Bertz CT molecular complexity index is 411. The lowest BCUT2D eigenvalue weighted by atomic mass is 9.93. The Morgan fingerprint density at radius 1 is 1.35 bits per heavy atom. The molecule has 0 spiro atoms. The summed E-state index contributed by atoms with van der Waals surface area (Å²) in [6.45, 7) is 7.34. The molecule has 0 aliphatic heterocycles. The first-order chi connectivity index (χ1) is 9.49. The van der Waals surface area contributed by atoms with Crippen LogP contribution in [0.4, 0.5) is 4.39 Å². The van der Waals surface area contributed by atoms with Crippen LogP contribution in [0.15, 0.2) is 18.2 Å². The maximum absolute atomic E-state index is 13.1. The van der Waals surface area contributed by atoms with Gasteiger partial charge in [-0.15, -0.1) is 0 Å². The number of nitrogens with one attached hydrogen (secondary N) is 1. The SMILES string of the molecule is CCCNC(Cc1ccc(F)cc1Cl)C(OC)C(C)C. The summed E-state index contributed by atoms with van der Waals surface area (Å²) in [6, 6.07) is 4.74. The Labute approximate surface area is 126 Å². The van der Waals surface area contributed by atoms with E-state index in [0.29, 0.717) is 10.9 Å². The molecule has 1 N–H and O–H groups in total. The number of benzene rings is 1. The minimum atomic E-state index is -0.302. The van der Waals surface area contributed by atoms with Crippen molar-refractivity contribution in [1.82, 2.24) is 5.32 Å². The molecule has 0 aromatic heterocycles. The van der Waals surface area contributed by atoms with Crippen LogP contribution in [-0.2, 0) is 11.2 Å². The van der Waals surface area contributed by atoms with E-state index in [0.717, 1.165) is 24.9 Å². The Hall–Kier alpha value is -0.640. The largest absolute Gasteiger partial charge is 0.380 e. The van der Waals surface area contributed by atoms with Gasteiger partial charge in [0.15, 0.2) is 0 Å². The normalized spacial score (nSPS) is 14.6. The van der Waals surface area contributed by atoms with Crippen LogP contribution >= 0.6 is 11.6 Å². The van der Waals surface area contributed by atoms with Crippen LogP contribution in [0.5, 0.6) is 0 Å². The highest BCUT2D eigenvalue weighted by Gasteiger charge is 2.24. The summed E-state index contributed by atoms with van der Waals surface area (Å²) in [6.07, 6.45) is 1.89. The van der Waals surface area contributed by atoms with Gasteiger partial charge in [0.1, 0.15) is 5.82 Å². The van der Waals surface area contributed by atoms with E-state index >= 15 is 0 Å². The lowest BCUT2D eigenvalue weighted by Gasteiger charge is -2.30. The van der Waals surface area contributed by atoms with Gasteiger partial charge in [-0.3, -0.25) is 0 Å². The van der Waals surface area contributed by atoms with Crippen molar-refractivity contribution in [1.29, 1.82) is 0 Å². The van der Waals surface area contributed by atoms with E-state index in [1.54, 1.807) is 13.2 Å². The van der Waals surface area contributed by atoms with Gasteiger partial charge >= 0.3 is 0 Å². The van der Waals surface area contributed by atoms with Gasteiger partial charge in [-0.1, -0.05) is 38.4 Å². The van der Waals surface area contributed by atoms with Crippen LogP contribution in [-0.4, -0.2) is 25.8 Å². The predicted molar refractivity (Wildman–Crippen MR) is 82.8 cm³/mol. The van der Waals surface area contributed by atoms with E-state index < -0.39 is 0 Å². The maximum Gasteiger partial charge on any atom is 0.124 e. The third-order valence-electron chi connectivity index (χ3n) is 3.44. The van der Waals surface area contributed by atoms with E-state index in [1.165, 1.54) is 12.1 Å². The van der Waals surface area contributed by atoms with Gasteiger partial charge in [-0.05, 0) is 43.0 Å². The minimum absolute atomic E-state index is 0.0997. The molecule has 2 unspecified atom stereocenters. The Kier molecular flexibility index (Phi) is 7.49. The molecule has 0 saturated carbocycles. The highest BCUT2D eigenvalue weighted by Crippen LogP contribution is 2.22. The first-order valence-electron chi connectivity index (χ1n) is 7.19. The summed E-state index contributed by atoms with van der Waals surface area (Å²) in [5.41, 5.74) is 0.948. The van der Waals surface area contributed by atoms with Crippen molar-refractivity contribution in [2.45, 2.75) is 45.8 Å². The van der Waals surface area contributed by atoms with Gasteiger partial charge < -0.3 is 10.1 Å². The zero-order valence-corrected chi connectivity index (χ0v) is 13.5. The van der Waals surface area contributed by atoms with Crippen LogP contribution in [0, 0.1) is 11.7 Å². The summed E-state index contributed by atoms with van der Waals surface area (Å²) in [4.78, 5) is 0. The summed E-state index contributed by atoms with van der Waals surface area (Å²) in [5, 5.41) is 3.99. The molecule has 0 bridgehead atoms. The average molecular weight is 302 g/mol. The number of methoxy groups -OCH3 is 1. The molecule has 0 fully saturated rings. The molecule has 2 atom stereocenters. The van der Waals surface area contributed by atoms with Gasteiger partial charge in [-0.2, -0.15) is 0 Å². The van der Waals surface area contributed by atoms with E-state index in [9.17, 15) is 4.39 Å². The topological polar surface area (TPSA) is 21.3 Å². The zero-order valence-electron chi connectivity index (χ0n) is 12.7. The molecule has 0 aliphatic carbocycles. The van der Waals surface area contributed by atoms with Crippen molar-refractivity contribution in [3.63, 3.8) is 0 Å². The molecule has 1 aromatic carbocycles. The van der Waals surface area contributed by atoms with Gasteiger partial charge in [0.05, 0.1) is 6.10 Å². The zero-order chi connectivity index (χ0) is 15.1. The number of hydrogen-bond donors (Lipinski definition) is 1. The fourth-order valence-corrected chi connectivity index (χ4v) is 2.70. The van der Waals surface area contributed by atoms with Crippen LogP contribution in [0.25, 0.3) is 0 Å². The third-order valence-corrected chi connectivity index (χ3v) is 3.79. The van der Waals surface area contributed by atoms with Crippen LogP contribution in [0.1, 0.15) is 32.8 Å². The molecule has 2 nitrogen and oxygen atoms in total. The van der Waals surface area contributed by atoms with E-state index in [4.69, 9.17) is 16.3 Å². The van der Waals surface area contributed by atoms with E-state index in [-0.39, 0.29) is 18.0 Å². The molecule has 0 amide bonds. The second-order valence-electron chi connectivity index (χ2n) is 5.44. The highest BCUT2D eigenvalue weighted by molar-refractivity contribution is 6.31. The quantitative estimate of drug-likeness (QED) is 0.782. The second kappa shape index (κ2) is 8.60. The Morgan fingerprint density at radius 2 is 2.05 bits per heavy atom. The lowest BCUT2D eigenvalue weighted by Crippen LogP contribution is -2.45. The molecule has 0 aliphatic rings. The minimum Gasteiger partial charge on any atom is -0.380 e. The molecule has 0 saturated heterocycles. The molecule has 20 heavy (non-hydrogen) atoms. The first kappa shape index (κ1) is 17.4. The summed E-state index contributed by atoms with van der Waals surface area (Å²) >= 11 is 6.13. The van der Waals surface area contributed by atoms with Crippen LogP contribution < -0.4 is 5.32 Å². The number of halogens is 2. The Morgan fingerprint density at radius 3 is 2.55 bits per heavy atom. The van der Waals surface area contributed by atoms with E-state index in [1.807, 2.05) is 0 Å². The standard InChI is InChI=1S/C16H25ClFNO/c1-5-8-19-15(16(20-4)11(2)3)9-12-6-7-13(18)10-14(12)17/h6-7,10-11,15-16,19H,5,8-9H2,1-4H3. The number of ether oxygens (including phenoxy) is 1. The Balaban J connectivity index is 2.87. The summed E-state index contributed by atoms with van der Waals surface area (Å²) in [5.74, 6) is 0.0950. The van der Waals surface area contributed by atoms with Crippen LogP contribution in [0.3, 0.4) is 0 Å². The fourth-order valence-electron chi connectivity index (χ4n) is 2.46.